The molecule has 0 spiro atoms. The molecule has 1 atom stereocenters. The molecule has 108 valence electrons. The number of phosphoric ester groups is 1. The molecule has 0 aliphatic carbocycles. The fraction of sp³-hybridized carbons (Fsp3) is 0.455. The van der Waals surface area contributed by atoms with Crippen LogP contribution in [0.4, 0.5) is 0 Å². The van der Waals surface area contributed by atoms with Crippen molar-refractivity contribution in [3.63, 3.8) is 0 Å². The molecular weight excluding hydrogens is 312 g/mol. The first-order chi connectivity index (χ1) is 8.94. The monoisotopic (exact) mass is 327 g/mol. The second kappa shape index (κ2) is 7.48. The first kappa shape index (κ1) is 16.8. The summed E-state index contributed by atoms with van der Waals surface area (Å²) >= 11 is 11.7. The molecule has 0 bridgehead atoms. The summed E-state index contributed by atoms with van der Waals surface area (Å²) < 4.78 is 27.6. The third-order valence-electron chi connectivity index (χ3n) is 2.25. The smallest absolute Gasteiger partial charge is 0.401 e. The van der Waals surface area contributed by atoms with Crippen molar-refractivity contribution in [2.75, 3.05) is 20.2 Å². The van der Waals surface area contributed by atoms with Gasteiger partial charge in [0.05, 0.1) is 5.02 Å². The van der Waals surface area contributed by atoms with E-state index in [-0.39, 0.29) is 10.8 Å². The molecule has 1 aromatic carbocycles. The number of hydrogen-bond donors (Lipinski definition) is 0. The van der Waals surface area contributed by atoms with Gasteiger partial charge in [0.25, 0.3) is 0 Å². The zero-order valence-corrected chi connectivity index (χ0v) is 13.3. The van der Waals surface area contributed by atoms with Crippen LogP contribution in [0.5, 0.6) is 5.75 Å². The predicted octanol–water partition coefficient (Wildman–Crippen LogP) is 4.40. The van der Waals surface area contributed by atoms with Gasteiger partial charge in [-0.1, -0.05) is 37.0 Å². The van der Waals surface area contributed by atoms with Crippen LogP contribution in [0, 0.1) is 0 Å². The minimum Gasteiger partial charge on any atom is -0.401 e. The lowest BCUT2D eigenvalue weighted by Crippen LogP contribution is -2.23. The second-order valence-electron chi connectivity index (χ2n) is 3.49. The third kappa shape index (κ3) is 4.95. The average Bonchev–Trinajstić information content (AvgIpc) is 2.39. The fourth-order valence-corrected chi connectivity index (χ4v) is 2.83. The minimum absolute atomic E-state index is 0.184. The Labute approximate surface area is 122 Å². The molecule has 19 heavy (non-hydrogen) atoms. The topological polar surface area (TPSA) is 48.0 Å². The van der Waals surface area contributed by atoms with E-state index in [4.69, 9.17) is 36.9 Å². The molecule has 0 saturated carbocycles. The van der Waals surface area contributed by atoms with Gasteiger partial charge >= 0.3 is 7.82 Å². The Kier molecular flexibility index (Phi) is 6.60. The SMILES string of the molecule is CCN(CC)OP(=O)(OC)Oc1ccc(Cl)cc1Cl. The number of phosphoric acid groups is 1. The summed E-state index contributed by atoms with van der Waals surface area (Å²) in [5.74, 6) is 0.184. The minimum atomic E-state index is -3.75. The van der Waals surface area contributed by atoms with Crippen LogP contribution in [0.2, 0.25) is 10.0 Å². The van der Waals surface area contributed by atoms with E-state index >= 15 is 0 Å². The molecule has 5 nitrogen and oxygen atoms in total. The Morgan fingerprint density at radius 3 is 2.37 bits per heavy atom. The highest BCUT2D eigenvalue weighted by Crippen LogP contribution is 2.51. The van der Waals surface area contributed by atoms with Crippen LogP contribution in [-0.2, 0) is 13.7 Å². The molecule has 0 saturated heterocycles. The Morgan fingerprint density at radius 1 is 1.26 bits per heavy atom. The Balaban J connectivity index is 2.88. The van der Waals surface area contributed by atoms with Crippen molar-refractivity contribution in [1.82, 2.24) is 5.06 Å². The summed E-state index contributed by atoms with van der Waals surface area (Å²) in [5, 5.41) is 2.15. The molecule has 0 radical (unpaired) electrons. The maximum Gasteiger partial charge on any atom is 0.546 e. The molecule has 1 aromatic rings. The highest BCUT2D eigenvalue weighted by molar-refractivity contribution is 7.48. The lowest BCUT2D eigenvalue weighted by molar-refractivity contribution is -0.0736. The molecule has 0 heterocycles. The Bertz CT molecular complexity index is 468. The van der Waals surface area contributed by atoms with Gasteiger partial charge in [0.1, 0.15) is 5.75 Å². The van der Waals surface area contributed by atoms with Gasteiger partial charge in [-0.15, -0.1) is 0 Å². The first-order valence-electron chi connectivity index (χ1n) is 5.69. The van der Waals surface area contributed by atoms with Crippen LogP contribution in [0.3, 0.4) is 0 Å². The van der Waals surface area contributed by atoms with Crippen LogP contribution in [0.15, 0.2) is 18.2 Å². The summed E-state index contributed by atoms with van der Waals surface area (Å²) in [6, 6.07) is 4.55. The predicted molar refractivity (Wildman–Crippen MR) is 75.7 cm³/mol. The van der Waals surface area contributed by atoms with E-state index in [9.17, 15) is 4.57 Å². The Hall–Kier alpha value is -0.290. The van der Waals surface area contributed by atoms with Crippen molar-refractivity contribution in [1.29, 1.82) is 0 Å². The normalized spacial score (nSPS) is 14.4. The van der Waals surface area contributed by atoms with Gasteiger partial charge in [0, 0.05) is 25.2 Å². The lowest BCUT2D eigenvalue weighted by atomic mass is 10.3. The number of halogens is 2. The molecule has 1 rings (SSSR count). The molecule has 0 aliphatic rings. The summed E-state index contributed by atoms with van der Waals surface area (Å²) in [6.07, 6.45) is 0. The van der Waals surface area contributed by atoms with Gasteiger partial charge in [0.2, 0.25) is 0 Å². The van der Waals surface area contributed by atoms with Crippen molar-refractivity contribution in [2.45, 2.75) is 13.8 Å². The molecule has 1 unspecified atom stereocenters. The summed E-state index contributed by atoms with van der Waals surface area (Å²) in [7, 11) is -2.51. The van der Waals surface area contributed by atoms with Crippen LogP contribution < -0.4 is 4.52 Å². The van der Waals surface area contributed by atoms with Crippen LogP contribution in [0.25, 0.3) is 0 Å². The Morgan fingerprint density at radius 2 is 1.89 bits per heavy atom. The van der Waals surface area contributed by atoms with Crippen molar-refractivity contribution in [2.24, 2.45) is 0 Å². The van der Waals surface area contributed by atoms with Gasteiger partial charge in [0.15, 0.2) is 0 Å². The van der Waals surface area contributed by atoms with Crippen molar-refractivity contribution >= 4 is 31.0 Å². The zero-order chi connectivity index (χ0) is 14.5. The molecule has 0 amide bonds. The lowest BCUT2D eigenvalue weighted by Gasteiger charge is -2.23. The summed E-state index contributed by atoms with van der Waals surface area (Å²) in [4.78, 5) is 0. The van der Waals surface area contributed by atoms with Crippen LogP contribution in [-0.4, -0.2) is 25.3 Å². The maximum absolute atomic E-state index is 12.3. The number of hydrogen-bond acceptors (Lipinski definition) is 5. The molecule has 0 aliphatic heterocycles. The highest BCUT2D eigenvalue weighted by atomic mass is 35.5. The standard InChI is InChI=1S/C11H16Cl2NO4P/c1-4-14(5-2)18-19(15,16-3)17-11-7-6-9(12)8-10(11)13/h6-8H,4-5H2,1-3H3. The molecular formula is C11H16Cl2NO4P. The second-order valence-corrected chi connectivity index (χ2v) is 5.94. The first-order valence-corrected chi connectivity index (χ1v) is 7.90. The quantitative estimate of drug-likeness (QED) is 0.548. The number of hydroxylamine groups is 2. The van der Waals surface area contributed by atoms with E-state index in [0.717, 1.165) is 0 Å². The van der Waals surface area contributed by atoms with E-state index < -0.39 is 7.82 Å². The fourth-order valence-electron chi connectivity index (χ4n) is 1.24. The van der Waals surface area contributed by atoms with Gasteiger partial charge in [-0.05, 0) is 18.2 Å². The van der Waals surface area contributed by atoms with E-state index in [2.05, 4.69) is 0 Å². The van der Waals surface area contributed by atoms with Crippen LogP contribution >= 0.6 is 31.0 Å². The molecule has 0 N–H and O–H groups in total. The number of benzene rings is 1. The molecule has 0 fully saturated rings. The van der Waals surface area contributed by atoms with Gasteiger partial charge in [-0.3, -0.25) is 4.52 Å². The van der Waals surface area contributed by atoms with Gasteiger partial charge in [-0.25, -0.2) is 4.57 Å². The van der Waals surface area contributed by atoms with E-state index in [1.807, 2.05) is 13.8 Å². The molecule has 8 heteroatoms. The molecule has 0 aromatic heterocycles. The average molecular weight is 328 g/mol. The zero-order valence-electron chi connectivity index (χ0n) is 10.9. The van der Waals surface area contributed by atoms with Crippen molar-refractivity contribution in [3.8, 4) is 5.75 Å². The van der Waals surface area contributed by atoms with Crippen molar-refractivity contribution < 1.29 is 18.2 Å². The van der Waals surface area contributed by atoms with E-state index in [1.54, 1.807) is 6.07 Å². The summed E-state index contributed by atoms with van der Waals surface area (Å²) in [6.45, 7) is 4.81. The van der Waals surface area contributed by atoms with E-state index in [0.29, 0.717) is 18.1 Å². The number of rotatable bonds is 7. The van der Waals surface area contributed by atoms with E-state index in [1.165, 1.54) is 24.3 Å². The van der Waals surface area contributed by atoms with Crippen molar-refractivity contribution in [3.05, 3.63) is 28.2 Å². The summed E-state index contributed by atoms with van der Waals surface area (Å²) in [5.41, 5.74) is 0. The third-order valence-corrected chi connectivity index (χ3v) is 4.08. The van der Waals surface area contributed by atoms with Gasteiger partial charge < -0.3 is 4.52 Å². The van der Waals surface area contributed by atoms with Gasteiger partial charge in [-0.2, -0.15) is 9.69 Å². The van der Waals surface area contributed by atoms with Crippen LogP contribution in [0.1, 0.15) is 13.8 Å². The highest BCUT2D eigenvalue weighted by Gasteiger charge is 2.31. The maximum atomic E-state index is 12.3. The number of nitrogens with zero attached hydrogens (tertiary/aromatic N) is 1. The largest absolute Gasteiger partial charge is 0.546 e.